The minimum Gasteiger partial charge on any atom is -0.406 e. The third-order valence-electron chi connectivity index (χ3n) is 1.57. The summed E-state index contributed by atoms with van der Waals surface area (Å²) < 4.78 is 39.2. The second-order valence-electron chi connectivity index (χ2n) is 2.78. The van der Waals surface area contributed by atoms with Crippen LogP contribution in [0.25, 0.3) is 0 Å². The Morgan fingerprint density at radius 3 is 2.31 bits per heavy atom. The van der Waals surface area contributed by atoms with E-state index in [0.29, 0.717) is 0 Å². The van der Waals surface area contributed by atoms with E-state index in [1.807, 2.05) is 0 Å². The summed E-state index contributed by atoms with van der Waals surface area (Å²) >= 11 is 5.53. The van der Waals surface area contributed by atoms with Crippen molar-refractivity contribution in [1.29, 1.82) is 0 Å². The van der Waals surface area contributed by atoms with E-state index >= 15 is 0 Å². The van der Waals surface area contributed by atoms with Crippen molar-refractivity contribution >= 4 is 23.2 Å². The highest BCUT2D eigenvalue weighted by atomic mass is 35.5. The maximum Gasteiger partial charge on any atom is 0.573 e. The second kappa shape index (κ2) is 4.09. The number of hydrogen-bond acceptors (Lipinski definition) is 3. The van der Waals surface area contributed by atoms with Crippen LogP contribution >= 0.6 is 11.6 Å². The van der Waals surface area contributed by atoms with Crippen LogP contribution in [-0.4, -0.2) is 12.3 Å². The van der Waals surface area contributed by atoms with E-state index in [1.165, 1.54) is 0 Å². The van der Waals surface area contributed by atoms with Crippen molar-refractivity contribution in [2.75, 3.05) is 5.73 Å². The molecule has 88 valence electrons. The van der Waals surface area contributed by atoms with Gasteiger partial charge in [0, 0.05) is 17.8 Å². The Kier molecular flexibility index (Phi) is 3.18. The minimum absolute atomic E-state index is 0.240. The number of carbonyl (C=O) groups excluding carboxylic acids is 1. The summed E-state index contributed by atoms with van der Waals surface area (Å²) in [5.74, 6) is -1.54. The first-order valence-corrected chi connectivity index (χ1v) is 4.23. The zero-order valence-corrected chi connectivity index (χ0v) is 8.39. The summed E-state index contributed by atoms with van der Waals surface area (Å²) in [6, 6.07) is 1.63. The number of hydrogen-bond donors (Lipinski definition) is 2. The molecule has 1 amide bonds. The third-order valence-corrected chi connectivity index (χ3v) is 1.87. The molecule has 4 N–H and O–H groups in total. The average Bonchev–Trinajstić information content (AvgIpc) is 1.96. The molecule has 0 aliphatic rings. The lowest BCUT2D eigenvalue weighted by atomic mass is 10.1. The molecule has 0 aromatic heterocycles. The molecule has 0 heterocycles. The Bertz CT molecular complexity index is 411. The Labute approximate surface area is 92.9 Å². The SMILES string of the molecule is NC(=O)c1c(N)cc(OC(F)(F)F)cc1Cl. The Morgan fingerprint density at radius 2 is 1.94 bits per heavy atom. The van der Waals surface area contributed by atoms with Crippen molar-refractivity contribution in [3.05, 3.63) is 22.7 Å². The lowest BCUT2D eigenvalue weighted by molar-refractivity contribution is -0.274. The molecule has 0 saturated carbocycles. The first-order valence-electron chi connectivity index (χ1n) is 3.85. The summed E-state index contributed by atoms with van der Waals surface area (Å²) in [7, 11) is 0. The fourth-order valence-corrected chi connectivity index (χ4v) is 1.36. The number of anilines is 1. The average molecular weight is 255 g/mol. The molecule has 8 heteroatoms. The summed E-state index contributed by atoms with van der Waals surface area (Å²) in [4.78, 5) is 10.8. The van der Waals surface area contributed by atoms with Gasteiger partial charge in [0.2, 0.25) is 0 Å². The van der Waals surface area contributed by atoms with E-state index in [1.54, 1.807) is 0 Å². The van der Waals surface area contributed by atoms with E-state index in [4.69, 9.17) is 23.1 Å². The van der Waals surface area contributed by atoms with Gasteiger partial charge in [-0.1, -0.05) is 11.6 Å². The van der Waals surface area contributed by atoms with Gasteiger partial charge < -0.3 is 16.2 Å². The number of alkyl halides is 3. The summed E-state index contributed by atoms with van der Waals surface area (Å²) in [5.41, 5.74) is 9.72. The third kappa shape index (κ3) is 2.93. The molecule has 0 spiro atoms. The molecule has 0 aliphatic heterocycles. The highest BCUT2D eigenvalue weighted by molar-refractivity contribution is 6.34. The van der Waals surface area contributed by atoms with Gasteiger partial charge >= 0.3 is 6.36 Å². The van der Waals surface area contributed by atoms with Crippen molar-refractivity contribution < 1.29 is 22.7 Å². The normalized spacial score (nSPS) is 11.2. The number of ether oxygens (including phenoxy) is 1. The maximum atomic E-state index is 11.9. The summed E-state index contributed by atoms with van der Waals surface area (Å²) in [5, 5.41) is -0.299. The molecular formula is C8H6ClF3N2O2. The molecule has 1 rings (SSSR count). The van der Waals surface area contributed by atoms with Gasteiger partial charge in [-0.2, -0.15) is 0 Å². The number of carbonyl (C=O) groups is 1. The molecule has 0 aliphatic carbocycles. The Morgan fingerprint density at radius 1 is 1.38 bits per heavy atom. The highest BCUT2D eigenvalue weighted by Crippen LogP contribution is 2.31. The van der Waals surface area contributed by atoms with E-state index in [2.05, 4.69) is 4.74 Å². The van der Waals surface area contributed by atoms with Crippen LogP contribution in [0.4, 0.5) is 18.9 Å². The minimum atomic E-state index is -4.86. The standard InChI is InChI=1S/C8H6ClF3N2O2/c9-4-1-3(16-8(10,11)12)2-5(13)6(4)7(14)15/h1-2H,13H2,(H2,14,15). The van der Waals surface area contributed by atoms with Gasteiger partial charge in [0.05, 0.1) is 10.6 Å². The van der Waals surface area contributed by atoms with E-state index < -0.39 is 18.0 Å². The predicted octanol–water partition coefficient (Wildman–Crippen LogP) is 1.92. The van der Waals surface area contributed by atoms with Crippen molar-refractivity contribution in [2.24, 2.45) is 5.73 Å². The fourth-order valence-electron chi connectivity index (χ4n) is 1.05. The van der Waals surface area contributed by atoms with Crippen LogP contribution in [-0.2, 0) is 0 Å². The molecule has 0 unspecified atom stereocenters. The number of nitrogens with two attached hydrogens (primary N) is 2. The van der Waals surface area contributed by atoms with Crippen molar-refractivity contribution in [1.82, 2.24) is 0 Å². The lowest BCUT2D eigenvalue weighted by Gasteiger charge is -2.11. The van der Waals surface area contributed by atoms with Crippen LogP contribution in [0, 0.1) is 0 Å². The van der Waals surface area contributed by atoms with Gasteiger partial charge in [0.25, 0.3) is 5.91 Å². The topological polar surface area (TPSA) is 78.3 Å². The quantitative estimate of drug-likeness (QED) is 0.792. The molecule has 16 heavy (non-hydrogen) atoms. The van der Waals surface area contributed by atoms with Crippen LogP contribution < -0.4 is 16.2 Å². The van der Waals surface area contributed by atoms with Gasteiger partial charge in [-0.05, 0) is 0 Å². The molecule has 1 aromatic carbocycles. The molecule has 0 bridgehead atoms. The van der Waals surface area contributed by atoms with Crippen LogP contribution in [0.15, 0.2) is 12.1 Å². The number of halogens is 4. The predicted molar refractivity (Wildman–Crippen MR) is 51.1 cm³/mol. The Hall–Kier alpha value is -1.63. The molecule has 4 nitrogen and oxygen atoms in total. The van der Waals surface area contributed by atoms with Crippen molar-refractivity contribution in [3.8, 4) is 5.75 Å². The fraction of sp³-hybridized carbons (Fsp3) is 0.125. The van der Waals surface area contributed by atoms with E-state index in [0.717, 1.165) is 12.1 Å². The second-order valence-corrected chi connectivity index (χ2v) is 3.19. The van der Waals surface area contributed by atoms with Crippen molar-refractivity contribution in [2.45, 2.75) is 6.36 Å². The molecule has 0 saturated heterocycles. The smallest absolute Gasteiger partial charge is 0.406 e. The van der Waals surface area contributed by atoms with Crippen molar-refractivity contribution in [3.63, 3.8) is 0 Å². The van der Waals surface area contributed by atoms with Crippen LogP contribution in [0.2, 0.25) is 5.02 Å². The molecular weight excluding hydrogens is 249 g/mol. The Balaban J connectivity index is 3.15. The molecule has 0 radical (unpaired) electrons. The maximum absolute atomic E-state index is 11.9. The monoisotopic (exact) mass is 254 g/mol. The van der Waals surface area contributed by atoms with E-state index in [9.17, 15) is 18.0 Å². The van der Waals surface area contributed by atoms with E-state index in [-0.39, 0.29) is 16.3 Å². The van der Waals surface area contributed by atoms with Crippen LogP contribution in [0.1, 0.15) is 10.4 Å². The van der Waals surface area contributed by atoms with Gasteiger partial charge in [-0.15, -0.1) is 13.2 Å². The van der Waals surface area contributed by atoms with Crippen LogP contribution in [0.5, 0.6) is 5.75 Å². The van der Waals surface area contributed by atoms with Gasteiger partial charge in [-0.25, -0.2) is 0 Å². The zero-order valence-electron chi connectivity index (χ0n) is 7.64. The first-order chi connectivity index (χ1) is 7.20. The van der Waals surface area contributed by atoms with Gasteiger partial charge in [0.1, 0.15) is 5.75 Å². The lowest BCUT2D eigenvalue weighted by Crippen LogP contribution is -2.18. The summed E-state index contributed by atoms with van der Waals surface area (Å²) in [6.45, 7) is 0. The number of rotatable bonds is 2. The molecule has 1 aromatic rings. The van der Waals surface area contributed by atoms with Crippen LogP contribution in [0.3, 0.4) is 0 Å². The largest absolute Gasteiger partial charge is 0.573 e. The first kappa shape index (κ1) is 12.4. The number of amides is 1. The number of benzene rings is 1. The molecule has 0 fully saturated rings. The summed E-state index contributed by atoms with van der Waals surface area (Å²) in [6.07, 6.45) is -4.86. The van der Waals surface area contributed by atoms with Gasteiger partial charge in [-0.3, -0.25) is 4.79 Å². The van der Waals surface area contributed by atoms with Gasteiger partial charge in [0.15, 0.2) is 0 Å². The highest BCUT2D eigenvalue weighted by Gasteiger charge is 2.31. The number of primary amides is 1. The zero-order chi connectivity index (χ0) is 12.5. The molecule has 0 atom stereocenters. The number of nitrogen functional groups attached to an aromatic ring is 1.